The molecule has 2 rings (SSSR count). The number of nitrogens with zero attached hydrogens (tertiary/aromatic N) is 1. The van der Waals surface area contributed by atoms with E-state index in [4.69, 9.17) is 23.2 Å². The summed E-state index contributed by atoms with van der Waals surface area (Å²) in [5, 5.41) is 3.85. The molecular formula is C15H18Cl2N2O2. The molecule has 2 unspecified atom stereocenters. The van der Waals surface area contributed by atoms with E-state index in [1.807, 2.05) is 19.9 Å². The van der Waals surface area contributed by atoms with Gasteiger partial charge < -0.3 is 10.2 Å². The third-order valence-electron chi connectivity index (χ3n) is 3.69. The van der Waals surface area contributed by atoms with E-state index in [9.17, 15) is 9.59 Å². The molecule has 4 nitrogen and oxygen atoms in total. The number of hydrogen-bond donors (Lipinski definition) is 1. The lowest BCUT2D eigenvalue weighted by molar-refractivity contribution is -0.135. The van der Waals surface area contributed by atoms with Gasteiger partial charge in [0.25, 0.3) is 0 Å². The van der Waals surface area contributed by atoms with Crippen LogP contribution in [0.2, 0.25) is 10.0 Å². The molecule has 1 aliphatic rings. The van der Waals surface area contributed by atoms with Crippen LogP contribution in [-0.2, 0) is 16.1 Å². The first-order valence-corrected chi connectivity index (χ1v) is 7.71. The lowest BCUT2D eigenvalue weighted by Crippen LogP contribution is -2.45. The van der Waals surface area contributed by atoms with Crippen LogP contribution >= 0.6 is 23.2 Å². The highest BCUT2D eigenvalue weighted by Gasteiger charge is 2.33. The van der Waals surface area contributed by atoms with Crippen LogP contribution < -0.4 is 5.32 Å². The standard InChI is InChI=1S/C15H18Cl2N2O2/c1-3-13-15(21)19(9(2)6-14(20)18-13)8-10-4-5-11(16)7-12(10)17/h4-5,7,9,13H,3,6,8H2,1-2H3,(H,18,20). The fraction of sp³-hybridized carbons (Fsp3) is 0.467. The van der Waals surface area contributed by atoms with Crippen molar-refractivity contribution in [2.45, 2.75) is 45.3 Å². The molecule has 2 atom stereocenters. The molecule has 2 amide bonds. The Kier molecular flexibility index (Phi) is 5.12. The summed E-state index contributed by atoms with van der Waals surface area (Å²) < 4.78 is 0. The predicted octanol–water partition coefficient (Wildman–Crippen LogP) is 3.01. The Bertz CT molecular complexity index is 563. The summed E-state index contributed by atoms with van der Waals surface area (Å²) in [6, 6.07) is 4.59. The molecule has 0 saturated carbocycles. The van der Waals surface area contributed by atoms with Gasteiger partial charge in [0, 0.05) is 29.1 Å². The molecule has 0 radical (unpaired) electrons. The van der Waals surface area contributed by atoms with E-state index in [1.54, 1.807) is 17.0 Å². The number of carbonyl (C=O) groups excluding carboxylic acids is 2. The van der Waals surface area contributed by atoms with E-state index in [0.717, 1.165) is 5.56 Å². The minimum Gasteiger partial charge on any atom is -0.344 e. The van der Waals surface area contributed by atoms with Crippen molar-refractivity contribution in [2.75, 3.05) is 0 Å². The minimum atomic E-state index is -0.464. The van der Waals surface area contributed by atoms with E-state index in [1.165, 1.54) is 0 Å². The lowest BCUT2D eigenvalue weighted by Gasteiger charge is -2.29. The second kappa shape index (κ2) is 6.67. The number of amides is 2. The molecule has 1 heterocycles. The monoisotopic (exact) mass is 328 g/mol. The number of hydrogen-bond acceptors (Lipinski definition) is 2. The summed E-state index contributed by atoms with van der Waals surface area (Å²) in [6.45, 7) is 4.13. The Hall–Kier alpha value is -1.26. The number of carbonyl (C=O) groups is 2. The maximum Gasteiger partial charge on any atom is 0.245 e. The van der Waals surface area contributed by atoms with Gasteiger partial charge in [0.15, 0.2) is 0 Å². The number of halogens is 2. The Morgan fingerprint density at radius 1 is 1.33 bits per heavy atom. The molecule has 0 bridgehead atoms. The number of rotatable bonds is 3. The van der Waals surface area contributed by atoms with Crippen LogP contribution in [0.3, 0.4) is 0 Å². The van der Waals surface area contributed by atoms with Crippen LogP contribution in [-0.4, -0.2) is 28.8 Å². The third kappa shape index (κ3) is 3.69. The van der Waals surface area contributed by atoms with Crippen LogP contribution in [0.15, 0.2) is 18.2 Å². The molecule has 0 spiro atoms. The van der Waals surface area contributed by atoms with E-state index in [2.05, 4.69) is 5.32 Å². The van der Waals surface area contributed by atoms with Crippen LogP contribution in [0.4, 0.5) is 0 Å². The summed E-state index contributed by atoms with van der Waals surface area (Å²) in [5.41, 5.74) is 0.825. The average Bonchev–Trinajstić information content (AvgIpc) is 2.52. The highest BCUT2D eigenvalue weighted by atomic mass is 35.5. The Morgan fingerprint density at radius 2 is 2.05 bits per heavy atom. The largest absolute Gasteiger partial charge is 0.344 e. The number of nitrogens with one attached hydrogen (secondary N) is 1. The van der Waals surface area contributed by atoms with Gasteiger partial charge in [0.05, 0.1) is 0 Å². The van der Waals surface area contributed by atoms with Gasteiger partial charge in [-0.15, -0.1) is 0 Å². The molecule has 0 aliphatic carbocycles. The van der Waals surface area contributed by atoms with Crippen molar-refractivity contribution in [2.24, 2.45) is 0 Å². The summed E-state index contributed by atoms with van der Waals surface area (Å²) in [7, 11) is 0. The highest BCUT2D eigenvalue weighted by Crippen LogP contribution is 2.24. The molecule has 1 fully saturated rings. The third-order valence-corrected chi connectivity index (χ3v) is 4.28. The SMILES string of the molecule is CCC1NC(=O)CC(C)N(Cc2ccc(Cl)cc2Cl)C1=O. The first kappa shape index (κ1) is 16.1. The molecule has 1 saturated heterocycles. The van der Waals surface area contributed by atoms with Crippen molar-refractivity contribution < 1.29 is 9.59 Å². The molecule has 114 valence electrons. The van der Waals surface area contributed by atoms with Crippen molar-refractivity contribution in [3.05, 3.63) is 33.8 Å². The molecular weight excluding hydrogens is 311 g/mol. The lowest BCUT2D eigenvalue weighted by atomic mass is 10.1. The maximum atomic E-state index is 12.6. The number of benzene rings is 1. The van der Waals surface area contributed by atoms with E-state index in [-0.39, 0.29) is 17.9 Å². The minimum absolute atomic E-state index is 0.0677. The van der Waals surface area contributed by atoms with Gasteiger partial charge in [-0.1, -0.05) is 36.2 Å². The average molecular weight is 329 g/mol. The molecule has 1 aromatic carbocycles. The fourth-order valence-electron chi connectivity index (χ4n) is 2.45. The van der Waals surface area contributed by atoms with Crippen molar-refractivity contribution in [3.63, 3.8) is 0 Å². The van der Waals surface area contributed by atoms with E-state index in [0.29, 0.717) is 29.4 Å². The smallest absolute Gasteiger partial charge is 0.245 e. The normalized spacial score (nSPS) is 23.0. The topological polar surface area (TPSA) is 49.4 Å². The van der Waals surface area contributed by atoms with Gasteiger partial charge >= 0.3 is 0 Å². The van der Waals surface area contributed by atoms with Gasteiger partial charge in [-0.25, -0.2) is 0 Å². The van der Waals surface area contributed by atoms with Crippen molar-refractivity contribution in [1.82, 2.24) is 10.2 Å². The molecule has 1 N–H and O–H groups in total. The fourth-order valence-corrected chi connectivity index (χ4v) is 2.92. The Balaban J connectivity index is 2.26. The highest BCUT2D eigenvalue weighted by molar-refractivity contribution is 6.35. The maximum absolute atomic E-state index is 12.6. The van der Waals surface area contributed by atoms with Crippen LogP contribution in [0.5, 0.6) is 0 Å². The zero-order valence-corrected chi connectivity index (χ0v) is 13.5. The van der Waals surface area contributed by atoms with E-state index >= 15 is 0 Å². The van der Waals surface area contributed by atoms with Gasteiger partial charge in [-0.05, 0) is 31.0 Å². The zero-order chi connectivity index (χ0) is 15.6. The quantitative estimate of drug-likeness (QED) is 0.927. The summed E-state index contributed by atoms with van der Waals surface area (Å²) >= 11 is 12.1. The van der Waals surface area contributed by atoms with E-state index < -0.39 is 6.04 Å². The first-order valence-electron chi connectivity index (χ1n) is 6.96. The van der Waals surface area contributed by atoms with Gasteiger partial charge in [-0.3, -0.25) is 9.59 Å². The summed E-state index contributed by atoms with van der Waals surface area (Å²) in [4.78, 5) is 26.1. The molecule has 1 aromatic rings. The van der Waals surface area contributed by atoms with Crippen LogP contribution in [0, 0.1) is 0 Å². The second-order valence-corrected chi connectivity index (χ2v) is 6.13. The predicted molar refractivity (Wildman–Crippen MR) is 83.3 cm³/mol. The van der Waals surface area contributed by atoms with Crippen LogP contribution in [0.1, 0.15) is 32.3 Å². The van der Waals surface area contributed by atoms with Crippen LogP contribution in [0.25, 0.3) is 0 Å². The molecule has 6 heteroatoms. The second-order valence-electron chi connectivity index (χ2n) is 5.28. The first-order chi connectivity index (χ1) is 9.92. The summed E-state index contributed by atoms with van der Waals surface area (Å²) in [5.74, 6) is -0.158. The Labute approximate surface area is 134 Å². The van der Waals surface area contributed by atoms with Gasteiger partial charge in [0.2, 0.25) is 11.8 Å². The molecule has 0 aromatic heterocycles. The zero-order valence-electron chi connectivity index (χ0n) is 12.0. The Morgan fingerprint density at radius 3 is 2.67 bits per heavy atom. The molecule has 21 heavy (non-hydrogen) atoms. The van der Waals surface area contributed by atoms with Crippen molar-refractivity contribution >= 4 is 35.0 Å². The van der Waals surface area contributed by atoms with Gasteiger partial charge in [0.1, 0.15) is 6.04 Å². The van der Waals surface area contributed by atoms with Crippen molar-refractivity contribution in [3.8, 4) is 0 Å². The van der Waals surface area contributed by atoms with Crippen molar-refractivity contribution in [1.29, 1.82) is 0 Å². The van der Waals surface area contributed by atoms with Gasteiger partial charge in [-0.2, -0.15) is 0 Å². The molecule has 1 aliphatic heterocycles. The summed E-state index contributed by atoms with van der Waals surface area (Å²) in [6.07, 6.45) is 0.871.